The SMILES string of the molecule is [N-]=[N+]=NC[C@@H]1[C@@H](CN=[N+]=[N-])[C@H](C(=O)CN(C=O)C=O)[C@@]2(CN=C(N)N2)[C@H]1Cl. The Hall–Kier alpha value is -3.01. The number of hydrogen-bond acceptors (Lipinski definition) is 8. The number of guanidine groups is 1. The highest BCUT2D eigenvalue weighted by molar-refractivity contribution is 6.22. The molecule has 1 aliphatic heterocycles. The minimum atomic E-state index is -1.11. The molecule has 0 aromatic carbocycles. The van der Waals surface area contributed by atoms with Crippen molar-refractivity contribution in [2.24, 2.45) is 38.7 Å². The number of alkyl halides is 1. The number of amides is 2. The van der Waals surface area contributed by atoms with Crippen LogP contribution in [0.15, 0.2) is 15.2 Å². The molecule has 0 saturated heterocycles. The number of hydrogen-bond donors (Lipinski definition) is 2. The van der Waals surface area contributed by atoms with Crippen molar-refractivity contribution in [3.63, 3.8) is 0 Å². The Bertz CT molecular complexity index is 739. The molecule has 2 aliphatic rings. The molecule has 3 N–H and O–H groups in total. The maximum atomic E-state index is 13.0. The number of halogens is 1. The van der Waals surface area contributed by atoms with Crippen LogP contribution in [0.3, 0.4) is 0 Å². The Balaban J connectivity index is 2.47. The van der Waals surface area contributed by atoms with Gasteiger partial charge in [-0.1, -0.05) is 10.2 Å². The van der Waals surface area contributed by atoms with Crippen molar-refractivity contribution in [3.8, 4) is 0 Å². The van der Waals surface area contributed by atoms with Gasteiger partial charge in [-0.15, -0.1) is 11.6 Å². The van der Waals surface area contributed by atoms with E-state index in [1.165, 1.54) is 0 Å². The molecular weight excluding hydrogens is 380 g/mol. The third-order valence-corrected chi connectivity index (χ3v) is 5.65. The summed E-state index contributed by atoms with van der Waals surface area (Å²) in [4.78, 5) is 45.0. The number of azide groups is 2. The summed E-state index contributed by atoms with van der Waals surface area (Å²) in [6, 6.07) is 0. The summed E-state index contributed by atoms with van der Waals surface area (Å²) in [7, 11) is 0. The summed E-state index contributed by atoms with van der Waals surface area (Å²) in [5.41, 5.74) is 22.0. The van der Waals surface area contributed by atoms with Crippen molar-refractivity contribution >= 4 is 36.2 Å². The molecule has 0 bridgehead atoms. The highest BCUT2D eigenvalue weighted by Crippen LogP contribution is 2.49. The summed E-state index contributed by atoms with van der Waals surface area (Å²) in [5, 5.41) is 9.32. The third kappa shape index (κ3) is 3.75. The number of Topliss-reactive ketones (excluding diaryl/α,β-unsaturated/α-hetero) is 1. The van der Waals surface area contributed by atoms with Crippen molar-refractivity contribution in [3.05, 3.63) is 20.9 Å². The smallest absolute Gasteiger partial charge is 0.216 e. The second-order valence-corrected chi connectivity index (χ2v) is 6.72. The summed E-state index contributed by atoms with van der Waals surface area (Å²) >= 11 is 6.64. The highest BCUT2D eigenvalue weighted by Gasteiger charge is 2.63. The number of carbonyl (C=O) groups excluding carboxylic acids is 3. The first-order chi connectivity index (χ1) is 12.9. The molecule has 1 spiro atoms. The number of nitrogens with one attached hydrogen (secondary N) is 1. The number of nitrogens with zero attached hydrogens (tertiary/aromatic N) is 8. The van der Waals surface area contributed by atoms with Gasteiger partial charge in [-0.2, -0.15) is 0 Å². The highest BCUT2D eigenvalue weighted by atomic mass is 35.5. The van der Waals surface area contributed by atoms with E-state index in [-0.39, 0.29) is 38.4 Å². The molecule has 0 radical (unpaired) electrons. The molecule has 0 aromatic rings. The summed E-state index contributed by atoms with van der Waals surface area (Å²) in [6.07, 6.45) is 0.467. The van der Waals surface area contributed by atoms with Gasteiger partial charge in [-0.25, -0.2) is 0 Å². The molecule has 0 aromatic heterocycles. The minimum absolute atomic E-state index is 0.0333. The van der Waals surface area contributed by atoms with Gasteiger partial charge < -0.3 is 11.1 Å². The van der Waals surface area contributed by atoms with Gasteiger partial charge >= 0.3 is 0 Å². The number of rotatable bonds is 9. The molecule has 2 amide bonds. The van der Waals surface area contributed by atoms with Gasteiger partial charge in [0.25, 0.3) is 0 Å². The maximum absolute atomic E-state index is 13.0. The topological polar surface area (TPSA) is 202 Å². The molecule has 2 rings (SSSR count). The van der Waals surface area contributed by atoms with Gasteiger partial charge in [0.15, 0.2) is 11.7 Å². The fourth-order valence-electron chi connectivity index (χ4n) is 3.90. The first-order valence-corrected chi connectivity index (χ1v) is 8.31. The van der Waals surface area contributed by atoms with Gasteiger partial charge in [0.2, 0.25) is 12.8 Å². The molecule has 1 heterocycles. The Kier molecular flexibility index (Phi) is 6.45. The van der Waals surface area contributed by atoms with Gasteiger partial charge in [0.05, 0.1) is 24.0 Å². The zero-order valence-corrected chi connectivity index (χ0v) is 14.8. The molecule has 1 aliphatic carbocycles. The van der Waals surface area contributed by atoms with Gasteiger partial charge in [0, 0.05) is 28.8 Å². The standard InChI is InChI=1S/C13H17ClN10O3/c14-11-8(2-20-23-17)7(1-19-22-16)10(9(27)3-24(5-25)6-26)13(11)4-18-12(15)21-13/h5-8,10-11H,1-4H2,(H3,15,18,21)/t7-,8-,10-,11+,13+/m1/s1. The Labute approximate surface area is 158 Å². The van der Waals surface area contributed by atoms with Crippen molar-refractivity contribution < 1.29 is 14.4 Å². The predicted octanol–water partition coefficient (Wildman–Crippen LogP) is -0.0828. The fraction of sp³-hybridized carbons (Fsp3) is 0.692. The summed E-state index contributed by atoms with van der Waals surface area (Å²) < 4.78 is 0. The lowest BCUT2D eigenvalue weighted by molar-refractivity contribution is -0.137. The molecule has 5 atom stereocenters. The quantitative estimate of drug-likeness (QED) is 0.180. The van der Waals surface area contributed by atoms with Crippen LogP contribution in [0.1, 0.15) is 0 Å². The van der Waals surface area contributed by atoms with E-state index < -0.39 is 41.0 Å². The lowest BCUT2D eigenvalue weighted by Crippen LogP contribution is -2.59. The van der Waals surface area contributed by atoms with Crippen LogP contribution >= 0.6 is 11.6 Å². The lowest BCUT2D eigenvalue weighted by atomic mass is 9.79. The first-order valence-electron chi connectivity index (χ1n) is 7.88. The molecule has 144 valence electrons. The number of ketones is 1. The zero-order chi connectivity index (χ0) is 20.0. The average molecular weight is 397 g/mol. The predicted molar refractivity (Wildman–Crippen MR) is 94.3 cm³/mol. The Morgan fingerprint density at radius 3 is 2.41 bits per heavy atom. The Morgan fingerprint density at radius 2 is 1.93 bits per heavy atom. The molecule has 0 unspecified atom stereocenters. The van der Waals surface area contributed by atoms with Crippen LogP contribution < -0.4 is 11.1 Å². The van der Waals surface area contributed by atoms with Gasteiger partial charge in [-0.05, 0) is 22.9 Å². The van der Waals surface area contributed by atoms with Crippen LogP contribution in [0.2, 0.25) is 0 Å². The van der Waals surface area contributed by atoms with Crippen LogP contribution in [-0.4, -0.2) is 66.6 Å². The first kappa shape index (κ1) is 20.3. The van der Waals surface area contributed by atoms with Gasteiger partial charge in [0.1, 0.15) is 0 Å². The van der Waals surface area contributed by atoms with Crippen molar-refractivity contribution in [2.75, 3.05) is 26.2 Å². The van der Waals surface area contributed by atoms with Crippen LogP contribution in [0.5, 0.6) is 0 Å². The zero-order valence-electron chi connectivity index (χ0n) is 14.1. The van der Waals surface area contributed by atoms with E-state index in [0.29, 0.717) is 4.90 Å². The van der Waals surface area contributed by atoms with E-state index in [4.69, 9.17) is 28.4 Å². The van der Waals surface area contributed by atoms with Crippen LogP contribution in [0, 0.1) is 17.8 Å². The summed E-state index contributed by atoms with van der Waals surface area (Å²) in [6.45, 7) is -0.529. The van der Waals surface area contributed by atoms with E-state index in [9.17, 15) is 14.4 Å². The number of carbonyl (C=O) groups is 3. The molecular formula is C13H17ClN10O3. The largest absolute Gasteiger partial charge is 0.370 e. The fourth-order valence-corrected chi connectivity index (χ4v) is 4.43. The van der Waals surface area contributed by atoms with E-state index in [1.807, 2.05) is 0 Å². The van der Waals surface area contributed by atoms with E-state index in [2.05, 4.69) is 30.4 Å². The van der Waals surface area contributed by atoms with Crippen molar-refractivity contribution in [2.45, 2.75) is 10.9 Å². The number of nitrogens with two attached hydrogens (primary N) is 1. The second-order valence-electron chi connectivity index (χ2n) is 6.25. The minimum Gasteiger partial charge on any atom is -0.370 e. The Morgan fingerprint density at radius 1 is 1.33 bits per heavy atom. The molecule has 27 heavy (non-hydrogen) atoms. The van der Waals surface area contributed by atoms with E-state index in [0.717, 1.165) is 0 Å². The average Bonchev–Trinajstić information content (AvgIpc) is 3.15. The van der Waals surface area contributed by atoms with Crippen molar-refractivity contribution in [1.29, 1.82) is 0 Å². The maximum Gasteiger partial charge on any atom is 0.216 e. The monoisotopic (exact) mass is 396 g/mol. The van der Waals surface area contributed by atoms with Crippen molar-refractivity contribution in [1.82, 2.24) is 10.2 Å². The van der Waals surface area contributed by atoms with Crippen LogP contribution in [0.4, 0.5) is 0 Å². The van der Waals surface area contributed by atoms with Crippen LogP contribution in [0.25, 0.3) is 20.9 Å². The third-order valence-electron chi connectivity index (χ3n) is 4.94. The molecule has 14 heteroatoms. The second kappa shape index (κ2) is 8.58. The van der Waals surface area contributed by atoms with Gasteiger partial charge in [-0.3, -0.25) is 24.3 Å². The number of aliphatic imine (C=N–C) groups is 1. The lowest BCUT2D eigenvalue weighted by Gasteiger charge is -2.35. The van der Waals surface area contributed by atoms with Crippen LogP contribution in [-0.2, 0) is 14.4 Å². The van der Waals surface area contributed by atoms with E-state index >= 15 is 0 Å². The van der Waals surface area contributed by atoms with E-state index in [1.54, 1.807) is 0 Å². The molecule has 1 fully saturated rings. The summed E-state index contributed by atoms with van der Waals surface area (Å²) in [5.74, 6) is -2.38. The molecule has 1 saturated carbocycles. The number of imide groups is 1. The normalized spacial score (nSPS) is 31.2. The molecule has 13 nitrogen and oxygen atoms in total.